The van der Waals surface area contributed by atoms with Crippen LogP contribution in [0.2, 0.25) is 0 Å². The number of halogens is 1. The van der Waals surface area contributed by atoms with E-state index < -0.39 is 14.9 Å². The molecule has 6 nitrogen and oxygen atoms in total. The van der Waals surface area contributed by atoms with Crippen LogP contribution in [0.15, 0.2) is 16.6 Å². The van der Waals surface area contributed by atoms with E-state index in [0.29, 0.717) is 10.0 Å². The van der Waals surface area contributed by atoms with Gasteiger partial charge in [0, 0.05) is 16.1 Å². The number of nitrogens with one attached hydrogen (secondary N) is 1. The number of fused-ring (bicyclic) bond motifs is 1. The molecule has 0 fully saturated rings. The maximum Gasteiger partial charge on any atom is 0.294 e. The third-order valence-corrected chi connectivity index (χ3v) is 3.63. The van der Waals surface area contributed by atoms with Crippen LogP contribution in [0.25, 0.3) is 0 Å². The summed E-state index contributed by atoms with van der Waals surface area (Å²) in [5.41, 5.74) is 0.250. The summed E-state index contributed by atoms with van der Waals surface area (Å²) in [6, 6.07) is 2.83. The van der Waals surface area contributed by atoms with E-state index in [1.807, 2.05) is 0 Å². The molecule has 0 amide bonds. The first-order valence-electron chi connectivity index (χ1n) is 3.86. The highest BCUT2D eigenvalue weighted by Crippen LogP contribution is 2.38. The lowest BCUT2D eigenvalue weighted by Crippen LogP contribution is -2.06. The van der Waals surface area contributed by atoms with Crippen LogP contribution in [-0.4, -0.2) is 13.3 Å². The van der Waals surface area contributed by atoms with Gasteiger partial charge in [0.15, 0.2) is 0 Å². The van der Waals surface area contributed by atoms with Gasteiger partial charge >= 0.3 is 0 Å². The van der Waals surface area contributed by atoms with Crippen molar-refractivity contribution in [3.8, 4) is 0 Å². The molecule has 1 heterocycles. The van der Waals surface area contributed by atoms with Crippen molar-refractivity contribution in [3.05, 3.63) is 32.3 Å². The first kappa shape index (κ1) is 10.4. The average Bonchev–Trinajstić information content (AvgIpc) is 2.36. The lowest BCUT2D eigenvalue weighted by molar-refractivity contribution is -0.384. The SMILES string of the molecule is O=[N+]([O-])c1cc(Br)cc2c1NS(=O)(=O)C2. The minimum atomic E-state index is -3.45. The van der Waals surface area contributed by atoms with Crippen molar-refractivity contribution in [1.29, 1.82) is 0 Å². The molecule has 2 rings (SSSR count). The van der Waals surface area contributed by atoms with Crippen molar-refractivity contribution < 1.29 is 13.3 Å². The Bertz CT molecular complexity index is 554. The zero-order valence-electron chi connectivity index (χ0n) is 7.23. The van der Waals surface area contributed by atoms with E-state index in [1.165, 1.54) is 6.07 Å². The van der Waals surface area contributed by atoms with Crippen LogP contribution >= 0.6 is 15.9 Å². The minimum Gasteiger partial charge on any atom is -0.276 e. The van der Waals surface area contributed by atoms with Gasteiger partial charge in [0.05, 0.1) is 10.7 Å². The number of rotatable bonds is 1. The first-order valence-corrected chi connectivity index (χ1v) is 6.31. The van der Waals surface area contributed by atoms with E-state index in [-0.39, 0.29) is 17.1 Å². The molecule has 1 aliphatic heterocycles. The highest BCUT2D eigenvalue weighted by atomic mass is 79.9. The Morgan fingerprint density at radius 3 is 2.73 bits per heavy atom. The Morgan fingerprint density at radius 1 is 1.47 bits per heavy atom. The molecule has 1 N–H and O–H groups in total. The van der Waals surface area contributed by atoms with Crippen molar-refractivity contribution in [3.63, 3.8) is 0 Å². The van der Waals surface area contributed by atoms with Gasteiger partial charge in [0.25, 0.3) is 5.69 Å². The topological polar surface area (TPSA) is 89.3 Å². The maximum absolute atomic E-state index is 11.2. The minimum absolute atomic E-state index is 0.0724. The Hall–Kier alpha value is -1.15. The summed E-state index contributed by atoms with van der Waals surface area (Å²) in [6.07, 6.45) is 0. The summed E-state index contributed by atoms with van der Waals surface area (Å²) >= 11 is 3.09. The fourth-order valence-corrected chi connectivity index (χ4v) is 3.17. The lowest BCUT2D eigenvalue weighted by atomic mass is 10.2. The van der Waals surface area contributed by atoms with Crippen molar-refractivity contribution in [2.75, 3.05) is 4.72 Å². The molecule has 8 heteroatoms. The fourth-order valence-electron chi connectivity index (χ4n) is 1.42. The number of nitro benzene ring substituents is 1. The monoisotopic (exact) mass is 292 g/mol. The van der Waals surface area contributed by atoms with Crippen molar-refractivity contribution in [2.45, 2.75) is 5.75 Å². The summed E-state index contributed by atoms with van der Waals surface area (Å²) in [5, 5.41) is 10.7. The highest BCUT2D eigenvalue weighted by molar-refractivity contribution is 9.10. The van der Waals surface area contributed by atoms with Gasteiger partial charge in [-0.1, -0.05) is 15.9 Å². The molecule has 0 aromatic heterocycles. The first-order chi connectivity index (χ1) is 6.89. The molecule has 15 heavy (non-hydrogen) atoms. The number of benzene rings is 1. The molecule has 0 unspecified atom stereocenters. The second kappa shape index (κ2) is 3.17. The molecule has 1 aliphatic rings. The molecule has 0 radical (unpaired) electrons. The summed E-state index contributed by atoms with van der Waals surface area (Å²) in [7, 11) is -3.45. The van der Waals surface area contributed by atoms with E-state index in [9.17, 15) is 18.5 Å². The zero-order chi connectivity index (χ0) is 11.2. The predicted molar refractivity (Wildman–Crippen MR) is 57.0 cm³/mol. The highest BCUT2D eigenvalue weighted by Gasteiger charge is 2.31. The number of hydrogen-bond donors (Lipinski definition) is 1. The van der Waals surface area contributed by atoms with Gasteiger partial charge in [0.1, 0.15) is 5.69 Å². The third kappa shape index (κ3) is 1.82. The quantitative estimate of drug-likeness (QED) is 0.629. The van der Waals surface area contributed by atoms with Crippen molar-refractivity contribution in [1.82, 2.24) is 0 Å². The van der Waals surface area contributed by atoms with Gasteiger partial charge in [-0.2, -0.15) is 0 Å². The smallest absolute Gasteiger partial charge is 0.276 e. The molecule has 80 valence electrons. The van der Waals surface area contributed by atoms with Crippen LogP contribution in [0.5, 0.6) is 0 Å². The molecule has 0 spiro atoms. The van der Waals surface area contributed by atoms with Gasteiger partial charge in [-0.25, -0.2) is 8.42 Å². The summed E-state index contributed by atoms with van der Waals surface area (Å²) < 4.78 is 25.1. The molecule has 0 saturated heterocycles. The molecule has 0 aliphatic carbocycles. The van der Waals surface area contributed by atoms with Gasteiger partial charge in [0.2, 0.25) is 10.0 Å². The second-order valence-electron chi connectivity index (χ2n) is 3.08. The van der Waals surface area contributed by atoms with Gasteiger partial charge < -0.3 is 0 Å². The molecular formula is C7H5BrN2O4S. The van der Waals surface area contributed by atoms with Gasteiger partial charge in [-0.3, -0.25) is 14.8 Å². The number of hydrogen-bond acceptors (Lipinski definition) is 4. The number of nitrogens with zero attached hydrogens (tertiary/aromatic N) is 1. The van der Waals surface area contributed by atoms with Crippen LogP contribution in [0.4, 0.5) is 11.4 Å². The van der Waals surface area contributed by atoms with E-state index >= 15 is 0 Å². The Balaban J connectivity index is 2.68. The standard InChI is InChI=1S/C7H5BrN2O4S/c8-5-1-4-3-15(13,14)9-7(4)6(2-5)10(11)12/h1-2,9H,3H2. The molecule has 0 atom stereocenters. The number of nitro groups is 1. The average molecular weight is 293 g/mol. The summed E-state index contributed by atoms with van der Waals surface area (Å²) in [5.74, 6) is -0.220. The van der Waals surface area contributed by atoms with E-state index in [2.05, 4.69) is 20.7 Å². The zero-order valence-corrected chi connectivity index (χ0v) is 9.63. The van der Waals surface area contributed by atoms with Crippen LogP contribution in [-0.2, 0) is 15.8 Å². The van der Waals surface area contributed by atoms with E-state index in [1.54, 1.807) is 6.07 Å². The molecule has 0 saturated carbocycles. The fraction of sp³-hybridized carbons (Fsp3) is 0.143. The molecule has 1 aromatic carbocycles. The summed E-state index contributed by atoms with van der Waals surface area (Å²) in [6.45, 7) is 0. The van der Waals surface area contributed by atoms with Gasteiger partial charge in [-0.15, -0.1) is 0 Å². The third-order valence-electron chi connectivity index (χ3n) is 1.96. The van der Waals surface area contributed by atoms with Crippen LogP contribution in [0.3, 0.4) is 0 Å². The van der Waals surface area contributed by atoms with E-state index in [4.69, 9.17) is 0 Å². The van der Waals surface area contributed by atoms with E-state index in [0.717, 1.165) is 0 Å². The summed E-state index contributed by atoms with van der Waals surface area (Å²) in [4.78, 5) is 10.1. The Morgan fingerprint density at radius 2 is 2.13 bits per heavy atom. The van der Waals surface area contributed by atoms with Crippen LogP contribution in [0.1, 0.15) is 5.56 Å². The molecule has 1 aromatic rings. The van der Waals surface area contributed by atoms with Crippen LogP contribution in [0, 0.1) is 10.1 Å². The van der Waals surface area contributed by atoms with Crippen LogP contribution < -0.4 is 4.72 Å². The molecular weight excluding hydrogens is 288 g/mol. The Labute approximate surface area is 93.6 Å². The Kier molecular flexibility index (Phi) is 2.19. The normalized spacial score (nSPS) is 16.9. The molecule has 0 bridgehead atoms. The number of sulfonamides is 1. The van der Waals surface area contributed by atoms with Gasteiger partial charge in [-0.05, 0) is 6.07 Å². The maximum atomic E-state index is 11.2. The van der Waals surface area contributed by atoms with Crippen molar-refractivity contribution in [2.24, 2.45) is 0 Å². The largest absolute Gasteiger partial charge is 0.294 e. The predicted octanol–water partition coefficient (Wildman–Crippen LogP) is 1.61. The van der Waals surface area contributed by atoms with Crippen molar-refractivity contribution >= 4 is 37.3 Å². The lowest BCUT2D eigenvalue weighted by Gasteiger charge is -2.00. The number of anilines is 1. The second-order valence-corrected chi connectivity index (χ2v) is 5.72.